The molecule has 0 aromatic heterocycles. The number of aliphatic hydroxyl groups is 2. The monoisotopic (exact) mass is 460 g/mol. The van der Waals surface area contributed by atoms with Crippen LogP contribution in [0.5, 0.6) is 11.5 Å². The van der Waals surface area contributed by atoms with Gasteiger partial charge in [0.1, 0.15) is 24.7 Å². The third kappa shape index (κ3) is 5.98. The van der Waals surface area contributed by atoms with Crippen molar-refractivity contribution >= 4 is 31.0 Å². The second kappa shape index (κ2) is 9.98. The number of hydrogen-bond acceptors (Lipinski definition) is 10. The maximum Gasteiger partial charge on any atom is 0.180 e. The van der Waals surface area contributed by atoms with Gasteiger partial charge in [0.15, 0.2) is 19.7 Å². The second-order valence-corrected chi connectivity index (χ2v) is 10.4. The molecule has 10 nitrogen and oxygen atoms in total. The lowest BCUT2D eigenvalue weighted by molar-refractivity contribution is 0.218. The molecule has 0 aliphatic heterocycles. The lowest BCUT2D eigenvalue weighted by atomic mass is 10.3. The fourth-order valence-electron chi connectivity index (χ4n) is 2.48. The van der Waals surface area contributed by atoms with E-state index in [2.05, 4.69) is 0 Å². The molecule has 6 N–H and O–H groups in total. The maximum absolute atomic E-state index is 11.9. The van der Waals surface area contributed by atoms with Gasteiger partial charge in [-0.3, -0.25) is 0 Å². The first-order valence-corrected chi connectivity index (χ1v) is 12.1. The van der Waals surface area contributed by atoms with Gasteiger partial charge in [-0.1, -0.05) is 0 Å². The second-order valence-electron chi connectivity index (χ2n) is 6.18. The first-order chi connectivity index (χ1) is 14.1. The quantitative estimate of drug-likeness (QED) is 0.260. The molecule has 2 aromatic carbocycles. The maximum atomic E-state index is 11.9. The van der Waals surface area contributed by atoms with Gasteiger partial charge in [-0.15, -0.1) is 0 Å². The van der Waals surface area contributed by atoms with Crippen LogP contribution in [0.25, 0.3) is 0 Å². The zero-order valence-corrected chi connectivity index (χ0v) is 17.7. The van der Waals surface area contributed by atoms with E-state index < -0.39 is 44.4 Å². The molecule has 0 saturated heterocycles. The van der Waals surface area contributed by atoms with Crippen molar-refractivity contribution in [3.05, 3.63) is 36.4 Å². The Kier molecular flexibility index (Phi) is 7.89. The number of rotatable bonds is 11. The van der Waals surface area contributed by atoms with Gasteiger partial charge in [0.05, 0.1) is 45.9 Å². The third-order valence-electron chi connectivity index (χ3n) is 4.00. The normalized spacial score (nSPS) is 11.9. The number of benzene rings is 2. The van der Waals surface area contributed by atoms with Gasteiger partial charge in [-0.25, -0.2) is 16.8 Å². The summed E-state index contributed by atoms with van der Waals surface area (Å²) < 4.78 is 58.7. The molecule has 0 radical (unpaired) electrons. The van der Waals surface area contributed by atoms with E-state index in [9.17, 15) is 16.8 Å². The summed E-state index contributed by atoms with van der Waals surface area (Å²) in [5, 5.41) is 17.7. The van der Waals surface area contributed by atoms with Crippen LogP contribution in [0.2, 0.25) is 0 Å². The van der Waals surface area contributed by atoms with Crippen LogP contribution in [0.15, 0.2) is 46.2 Å². The van der Waals surface area contributed by atoms with E-state index in [-0.39, 0.29) is 45.9 Å². The number of anilines is 2. The summed E-state index contributed by atoms with van der Waals surface area (Å²) in [7, 11) is -7.23. The molecule has 0 aliphatic rings. The highest BCUT2D eigenvalue weighted by Crippen LogP contribution is 2.27. The smallest absolute Gasteiger partial charge is 0.180 e. The standard InChI is InChI=1S/C18H24N2O8S2/c19-15-11-13(29(23,24)9-5-21)1-3-17(15)27-7-8-28-18-4-2-14(12-16(18)20)30(25,26)10-6-22/h1-4,11-12,21-22H,5-10,19-20H2. The van der Waals surface area contributed by atoms with E-state index in [0.717, 1.165) is 0 Å². The Labute approximate surface area is 174 Å². The van der Waals surface area contributed by atoms with Crippen molar-refractivity contribution in [3.8, 4) is 11.5 Å². The average Bonchev–Trinajstić information content (AvgIpc) is 2.67. The van der Waals surface area contributed by atoms with Crippen LogP contribution in [0.3, 0.4) is 0 Å². The summed E-state index contributed by atoms with van der Waals surface area (Å²) in [5.74, 6) is -0.274. The number of sulfone groups is 2. The van der Waals surface area contributed by atoms with E-state index in [1.54, 1.807) is 0 Å². The summed E-state index contributed by atoms with van der Waals surface area (Å²) in [6.45, 7) is -0.849. The molecule has 12 heteroatoms. The zero-order chi connectivity index (χ0) is 22.4. The minimum absolute atomic E-state index is 0.0123. The van der Waals surface area contributed by atoms with Crippen LogP contribution in [-0.4, -0.2) is 65.0 Å². The summed E-state index contributed by atoms with van der Waals surface area (Å²) >= 11 is 0. The molecule has 0 heterocycles. The molecule has 0 unspecified atom stereocenters. The topological polar surface area (TPSA) is 179 Å². The predicted octanol–water partition coefficient (Wildman–Crippen LogP) is -0.159. The molecule has 30 heavy (non-hydrogen) atoms. The lowest BCUT2D eigenvalue weighted by Gasteiger charge is -2.13. The predicted molar refractivity (Wildman–Crippen MR) is 111 cm³/mol. The molecule has 2 aromatic rings. The first-order valence-electron chi connectivity index (χ1n) is 8.82. The first kappa shape index (κ1) is 23.7. The van der Waals surface area contributed by atoms with Gasteiger partial charge in [0.25, 0.3) is 0 Å². The SMILES string of the molecule is Nc1cc(S(=O)(=O)CCO)ccc1OCCOc1ccc(S(=O)(=O)CCO)cc1N. The summed E-state index contributed by atoms with van der Waals surface area (Å²) in [6, 6.07) is 8.00. The molecule has 0 bridgehead atoms. The Bertz CT molecular complexity index is 998. The fourth-order valence-corrected chi connectivity index (χ4v) is 4.60. The van der Waals surface area contributed by atoms with Gasteiger partial charge in [-0.2, -0.15) is 0 Å². The Balaban J connectivity index is 1.95. The number of aliphatic hydroxyl groups excluding tert-OH is 2. The Morgan fingerprint density at radius 1 is 0.700 bits per heavy atom. The Hall–Kier alpha value is -2.54. The average molecular weight is 461 g/mol. The van der Waals surface area contributed by atoms with Crippen molar-refractivity contribution in [2.45, 2.75) is 9.79 Å². The molecule has 0 aliphatic carbocycles. The number of nitrogen functional groups attached to an aromatic ring is 2. The molecular weight excluding hydrogens is 436 g/mol. The number of nitrogens with two attached hydrogens (primary N) is 2. The van der Waals surface area contributed by atoms with Crippen molar-refractivity contribution in [3.63, 3.8) is 0 Å². The highest BCUT2D eigenvalue weighted by Gasteiger charge is 2.17. The highest BCUT2D eigenvalue weighted by molar-refractivity contribution is 7.91. The fraction of sp³-hybridized carbons (Fsp3) is 0.333. The van der Waals surface area contributed by atoms with Gasteiger partial charge in [0.2, 0.25) is 0 Å². The molecule has 0 amide bonds. The lowest BCUT2D eigenvalue weighted by Crippen LogP contribution is -2.13. The van der Waals surface area contributed by atoms with E-state index >= 15 is 0 Å². The molecule has 166 valence electrons. The van der Waals surface area contributed by atoms with Crippen LogP contribution in [-0.2, 0) is 19.7 Å². The van der Waals surface area contributed by atoms with Crippen molar-refractivity contribution in [2.75, 3.05) is 49.4 Å². The minimum Gasteiger partial charge on any atom is -0.488 e. The van der Waals surface area contributed by atoms with Gasteiger partial charge in [-0.05, 0) is 36.4 Å². The van der Waals surface area contributed by atoms with E-state index in [0.29, 0.717) is 0 Å². The van der Waals surface area contributed by atoms with E-state index in [1.165, 1.54) is 36.4 Å². The summed E-state index contributed by atoms with van der Waals surface area (Å²) in [5.41, 5.74) is 11.9. The molecule has 0 saturated carbocycles. The van der Waals surface area contributed by atoms with Crippen molar-refractivity contribution < 1.29 is 36.5 Å². The minimum atomic E-state index is -3.61. The van der Waals surface area contributed by atoms with Gasteiger partial charge in [0, 0.05) is 0 Å². The largest absolute Gasteiger partial charge is 0.488 e. The third-order valence-corrected chi connectivity index (χ3v) is 7.38. The highest BCUT2D eigenvalue weighted by atomic mass is 32.2. The van der Waals surface area contributed by atoms with Crippen LogP contribution in [0, 0.1) is 0 Å². The Morgan fingerprint density at radius 2 is 1.07 bits per heavy atom. The Morgan fingerprint density at radius 3 is 1.37 bits per heavy atom. The van der Waals surface area contributed by atoms with E-state index in [1.807, 2.05) is 0 Å². The van der Waals surface area contributed by atoms with Crippen LogP contribution in [0.1, 0.15) is 0 Å². The molecule has 0 spiro atoms. The van der Waals surface area contributed by atoms with Crippen LogP contribution >= 0.6 is 0 Å². The van der Waals surface area contributed by atoms with Crippen LogP contribution in [0.4, 0.5) is 11.4 Å². The van der Waals surface area contributed by atoms with Crippen molar-refractivity contribution in [1.29, 1.82) is 0 Å². The van der Waals surface area contributed by atoms with Gasteiger partial charge < -0.3 is 31.2 Å². The molecule has 0 atom stereocenters. The number of ether oxygens (including phenoxy) is 2. The molecule has 0 fully saturated rings. The van der Waals surface area contributed by atoms with Gasteiger partial charge >= 0.3 is 0 Å². The summed E-state index contributed by atoms with van der Waals surface area (Å²) in [4.78, 5) is -0.0247. The van der Waals surface area contributed by atoms with Crippen molar-refractivity contribution in [2.24, 2.45) is 0 Å². The number of hydrogen-bond donors (Lipinski definition) is 4. The summed E-state index contributed by atoms with van der Waals surface area (Å²) in [6.07, 6.45) is 0. The zero-order valence-electron chi connectivity index (χ0n) is 16.0. The van der Waals surface area contributed by atoms with E-state index in [4.69, 9.17) is 31.2 Å². The molecular formula is C18H24N2O8S2. The molecule has 2 rings (SSSR count). The van der Waals surface area contributed by atoms with Crippen LogP contribution < -0.4 is 20.9 Å². The van der Waals surface area contributed by atoms with Crippen molar-refractivity contribution in [1.82, 2.24) is 0 Å².